The Balaban J connectivity index is 2.53. The van der Waals surface area contributed by atoms with Crippen molar-refractivity contribution in [1.29, 1.82) is 0 Å². The maximum Gasteiger partial charge on any atom is 0.0766 e. The topological polar surface area (TPSA) is 20.2 Å². The van der Waals surface area contributed by atoms with Gasteiger partial charge in [-0.3, -0.25) is 0 Å². The molecule has 1 saturated heterocycles. The summed E-state index contributed by atoms with van der Waals surface area (Å²) in [7, 11) is 0. The number of hydrogen-bond acceptors (Lipinski definition) is 2. The Labute approximate surface area is 92.7 Å². The minimum absolute atomic E-state index is 0.375. The van der Waals surface area contributed by atoms with Gasteiger partial charge in [-0.15, -0.1) is 0 Å². The van der Waals surface area contributed by atoms with Gasteiger partial charge in [0.05, 0.1) is 5.60 Å². The lowest BCUT2D eigenvalue weighted by molar-refractivity contribution is 0.00435. The van der Waals surface area contributed by atoms with Crippen LogP contribution in [0.5, 0.6) is 0 Å². The molecule has 14 heavy (non-hydrogen) atoms. The lowest BCUT2D eigenvalue weighted by Gasteiger charge is -2.39. The van der Waals surface area contributed by atoms with Crippen molar-refractivity contribution >= 4 is 11.8 Å². The average Bonchev–Trinajstić information content (AvgIpc) is 2.19. The maximum absolute atomic E-state index is 10.6. The molecule has 0 aliphatic carbocycles. The fourth-order valence-electron chi connectivity index (χ4n) is 2.34. The van der Waals surface area contributed by atoms with Crippen molar-refractivity contribution in [1.82, 2.24) is 0 Å². The first-order chi connectivity index (χ1) is 6.62. The summed E-state index contributed by atoms with van der Waals surface area (Å²) in [6.45, 7) is 6.66. The molecule has 0 radical (unpaired) electrons. The summed E-state index contributed by atoms with van der Waals surface area (Å²) in [6.07, 6.45) is 5.61. The summed E-state index contributed by atoms with van der Waals surface area (Å²) in [6, 6.07) is 0. The zero-order valence-electron chi connectivity index (χ0n) is 9.75. The fourth-order valence-corrected chi connectivity index (χ4v) is 3.53. The SMILES string of the molecule is CCC(CC)CC1(O)CCCSC1C. The molecule has 0 aromatic carbocycles. The van der Waals surface area contributed by atoms with E-state index in [0.717, 1.165) is 12.8 Å². The molecule has 1 nitrogen and oxygen atoms in total. The Morgan fingerprint density at radius 1 is 1.43 bits per heavy atom. The van der Waals surface area contributed by atoms with Crippen LogP contribution in [0.1, 0.15) is 52.9 Å². The van der Waals surface area contributed by atoms with E-state index < -0.39 is 0 Å². The molecule has 1 heterocycles. The van der Waals surface area contributed by atoms with E-state index in [-0.39, 0.29) is 5.60 Å². The Kier molecular flexibility index (Phi) is 4.78. The van der Waals surface area contributed by atoms with Crippen molar-refractivity contribution in [2.24, 2.45) is 5.92 Å². The van der Waals surface area contributed by atoms with Crippen LogP contribution in [-0.2, 0) is 0 Å². The van der Waals surface area contributed by atoms with Crippen molar-refractivity contribution in [2.45, 2.75) is 63.7 Å². The van der Waals surface area contributed by atoms with E-state index in [9.17, 15) is 5.11 Å². The number of hydrogen-bond donors (Lipinski definition) is 1. The van der Waals surface area contributed by atoms with Crippen molar-refractivity contribution in [3.05, 3.63) is 0 Å². The van der Waals surface area contributed by atoms with Crippen LogP contribution < -0.4 is 0 Å². The highest BCUT2D eigenvalue weighted by atomic mass is 32.2. The minimum Gasteiger partial charge on any atom is -0.389 e. The zero-order chi connectivity index (χ0) is 10.6. The zero-order valence-corrected chi connectivity index (χ0v) is 10.6. The van der Waals surface area contributed by atoms with Crippen LogP contribution in [0.15, 0.2) is 0 Å². The first-order valence-corrected chi connectivity index (χ1v) is 7.01. The quantitative estimate of drug-likeness (QED) is 0.776. The van der Waals surface area contributed by atoms with Crippen LogP contribution in [0, 0.1) is 5.92 Å². The molecular formula is C12H24OS. The second-order valence-corrected chi connectivity index (χ2v) is 6.06. The smallest absolute Gasteiger partial charge is 0.0766 e. The molecule has 1 aliphatic heterocycles. The van der Waals surface area contributed by atoms with E-state index in [1.807, 2.05) is 11.8 Å². The molecule has 2 heteroatoms. The molecule has 0 bridgehead atoms. The van der Waals surface area contributed by atoms with Gasteiger partial charge < -0.3 is 5.11 Å². The summed E-state index contributed by atoms with van der Waals surface area (Å²) in [5, 5.41) is 11.0. The van der Waals surface area contributed by atoms with E-state index in [2.05, 4.69) is 20.8 Å². The van der Waals surface area contributed by atoms with Crippen LogP contribution in [0.25, 0.3) is 0 Å². The molecule has 1 rings (SSSR count). The molecule has 0 aromatic rings. The van der Waals surface area contributed by atoms with Crippen LogP contribution in [-0.4, -0.2) is 21.7 Å². The van der Waals surface area contributed by atoms with E-state index in [1.165, 1.54) is 25.0 Å². The number of thioether (sulfide) groups is 1. The summed E-state index contributed by atoms with van der Waals surface area (Å²) in [4.78, 5) is 0. The molecule has 2 atom stereocenters. The third-order valence-corrected chi connectivity index (χ3v) is 5.14. The van der Waals surface area contributed by atoms with Gasteiger partial charge in [0.1, 0.15) is 0 Å². The molecule has 1 fully saturated rings. The molecule has 1 N–H and O–H groups in total. The van der Waals surface area contributed by atoms with Crippen LogP contribution in [0.2, 0.25) is 0 Å². The van der Waals surface area contributed by atoms with Gasteiger partial charge in [-0.1, -0.05) is 33.6 Å². The van der Waals surface area contributed by atoms with Gasteiger partial charge in [0.2, 0.25) is 0 Å². The Hall–Kier alpha value is 0.310. The number of aliphatic hydroxyl groups is 1. The molecule has 0 amide bonds. The van der Waals surface area contributed by atoms with Crippen molar-refractivity contribution in [3.8, 4) is 0 Å². The lowest BCUT2D eigenvalue weighted by Crippen LogP contribution is -2.43. The molecule has 1 aliphatic rings. The molecule has 0 spiro atoms. The van der Waals surface area contributed by atoms with Gasteiger partial charge in [-0.25, -0.2) is 0 Å². The molecule has 84 valence electrons. The van der Waals surface area contributed by atoms with Gasteiger partial charge in [0, 0.05) is 5.25 Å². The van der Waals surface area contributed by atoms with Crippen molar-refractivity contribution in [2.75, 3.05) is 5.75 Å². The second kappa shape index (κ2) is 5.41. The second-order valence-electron chi connectivity index (χ2n) is 4.61. The molecule has 0 saturated carbocycles. The van der Waals surface area contributed by atoms with Gasteiger partial charge in [-0.2, -0.15) is 11.8 Å². The van der Waals surface area contributed by atoms with Crippen LogP contribution >= 0.6 is 11.8 Å². The van der Waals surface area contributed by atoms with E-state index in [1.54, 1.807) is 0 Å². The molecule has 2 unspecified atom stereocenters. The Morgan fingerprint density at radius 2 is 2.07 bits per heavy atom. The third kappa shape index (κ3) is 2.90. The minimum atomic E-state index is -0.375. The van der Waals surface area contributed by atoms with Crippen LogP contribution in [0.4, 0.5) is 0 Å². The highest BCUT2D eigenvalue weighted by Gasteiger charge is 2.37. The lowest BCUT2D eigenvalue weighted by atomic mass is 9.82. The predicted molar refractivity (Wildman–Crippen MR) is 64.8 cm³/mol. The highest BCUT2D eigenvalue weighted by Crippen LogP contribution is 2.39. The summed E-state index contributed by atoms with van der Waals surface area (Å²) < 4.78 is 0. The Morgan fingerprint density at radius 3 is 2.57 bits per heavy atom. The van der Waals surface area contributed by atoms with Crippen molar-refractivity contribution < 1.29 is 5.11 Å². The summed E-state index contributed by atoms with van der Waals surface area (Å²) in [5.74, 6) is 1.94. The average molecular weight is 216 g/mol. The molecular weight excluding hydrogens is 192 g/mol. The molecule has 0 aromatic heterocycles. The normalized spacial score (nSPS) is 33.6. The largest absolute Gasteiger partial charge is 0.389 e. The monoisotopic (exact) mass is 216 g/mol. The maximum atomic E-state index is 10.6. The van der Waals surface area contributed by atoms with E-state index in [0.29, 0.717) is 11.2 Å². The van der Waals surface area contributed by atoms with E-state index in [4.69, 9.17) is 0 Å². The number of rotatable bonds is 4. The van der Waals surface area contributed by atoms with Crippen molar-refractivity contribution in [3.63, 3.8) is 0 Å². The third-order valence-electron chi connectivity index (χ3n) is 3.68. The highest BCUT2D eigenvalue weighted by molar-refractivity contribution is 8.00. The van der Waals surface area contributed by atoms with Gasteiger partial charge >= 0.3 is 0 Å². The van der Waals surface area contributed by atoms with Gasteiger partial charge in [0.15, 0.2) is 0 Å². The predicted octanol–water partition coefficient (Wildman–Crippen LogP) is 3.46. The summed E-state index contributed by atoms with van der Waals surface area (Å²) in [5.41, 5.74) is -0.375. The van der Waals surface area contributed by atoms with Gasteiger partial charge in [-0.05, 0) is 30.9 Å². The first-order valence-electron chi connectivity index (χ1n) is 5.96. The first kappa shape index (κ1) is 12.4. The Bertz CT molecular complexity index is 168. The summed E-state index contributed by atoms with van der Waals surface area (Å²) >= 11 is 1.94. The fraction of sp³-hybridized carbons (Fsp3) is 1.00. The standard InChI is InChI=1S/C12H24OS/c1-4-11(5-2)9-12(13)7-6-8-14-10(12)3/h10-11,13H,4-9H2,1-3H3. The van der Waals surface area contributed by atoms with Crippen LogP contribution in [0.3, 0.4) is 0 Å². The van der Waals surface area contributed by atoms with E-state index >= 15 is 0 Å². The van der Waals surface area contributed by atoms with Gasteiger partial charge in [0.25, 0.3) is 0 Å².